The summed E-state index contributed by atoms with van der Waals surface area (Å²) >= 11 is 0. The zero-order valence-corrected chi connectivity index (χ0v) is 9.43. The average molecular weight is 229 g/mol. The van der Waals surface area contributed by atoms with Crippen LogP contribution < -0.4 is 10.1 Å². The monoisotopic (exact) mass is 229 g/mol. The molecule has 0 fully saturated rings. The van der Waals surface area contributed by atoms with Crippen molar-refractivity contribution in [3.8, 4) is 5.75 Å². The Morgan fingerprint density at radius 3 is 2.69 bits per heavy atom. The van der Waals surface area contributed by atoms with Crippen molar-refractivity contribution >= 4 is 0 Å². The van der Waals surface area contributed by atoms with Crippen molar-refractivity contribution < 1.29 is 13.5 Å². The highest BCUT2D eigenvalue weighted by molar-refractivity contribution is 5.23. The van der Waals surface area contributed by atoms with E-state index in [1.54, 1.807) is 0 Å². The minimum absolute atomic E-state index is 0.377. The standard InChI is InChI=1S/C12H17F2NO/c1-2-15-7-3-4-8-16-10-5-6-11(13)12(14)9-10/h5-6,9,15H,2-4,7-8H2,1H3. The van der Waals surface area contributed by atoms with Crippen LogP contribution >= 0.6 is 0 Å². The molecule has 0 aliphatic heterocycles. The van der Waals surface area contributed by atoms with E-state index >= 15 is 0 Å². The molecule has 0 aliphatic rings. The van der Waals surface area contributed by atoms with E-state index in [9.17, 15) is 8.78 Å². The molecule has 0 amide bonds. The van der Waals surface area contributed by atoms with Gasteiger partial charge < -0.3 is 10.1 Å². The van der Waals surface area contributed by atoms with Gasteiger partial charge in [0.2, 0.25) is 0 Å². The number of benzene rings is 1. The van der Waals surface area contributed by atoms with Gasteiger partial charge in [0, 0.05) is 6.07 Å². The molecule has 90 valence electrons. The highest BCUT2D eigenvalue weighted by atomic mass is 19.2. The van der Waals surface area contributed by atoms with Crippen LogP contribution in [0.2, 0.25) is 0 Å². The molecule has 16 heavy (non-hydrogen) atoms. The molecular weight excluding hydrogens is 212 g/mol. The first-order valence-electron chi connectivity index (χ1n) is 5.52. The molecule has 1 aromatic carbocycles. The van der Waals surface area contributed by atoms with E-state index in [1.165, 1.54) is 6.07 Å². The van der Waals surface area contributed by atoms with Crippen molar-refractivity contribution in [2.45, 2.75) is 19.8 Å². The summed E-state index contributed by atoms with van der Waals surface area (Å²) < 4.78 is 30.7. The Labute approximate surface area is 94.6 Å². The van der Waals surface area contributed by atoms with E-state index in [4.69, 9.17) is 4.74 Å². The summed E-state index contributed by atoms with van der Waals surface area (Å²) in [5.41, 5.74) is 0. The Hall–Kier alpha value is -1.16. The van der Waals surface area contributed by atoms with E-state index in [0.717, 1.165) is 38.1 Å². The second-order valence-corrected chi connectivity index (χ2v) is 3.49. The Kier molecular flexibility index (Phi) is 5.78. The first kappa shape index (κ1) is 12.9. The fourth-order valence-electron chi connectivity index (χ4n) is 1.29. The predicted octanol–water partition coefficient (Wildman–Crippen LogP) is 2.73. The topological polar surface area (TPSA) is 21.3 Å². The molecule has 0 unspecified atom stereocenters. The average Bonchev–Trinajstić information content (AvgIpc) is 2.28. The van der Waals surface area contributed by atoms with Crippen molar-refractivity contribution in [1.29, 1.82) is 0 Å². The van der Waals surface area contributed by atoms with Crippen LogP contribution in [-0.4, -0.2) is 19.7 Å². The lowest BCUT2D eigenvalue weighted by Gasteiger charge is -2.06. The molecule has 4 heteroatoms. The molecule has 0 aliphatic carbocycles. The minimum atomic E-state index is -0.870. The van der Waals surface area contributed by atoms with Crippen molar-refractivity contribution in [1.82, 2.24) is 5.32 Å². The summed E-state index contributed by atoms with van der Waals surface area (Å²) in [6, 6.07) is 3.58. The largest absolute Gasteiger partial charge is 0.493 e. The van der Waals surface area contributed by atoms with Crippen LogP contribution in [-0.2, 0) is 0 Å². The van der Waals surface area contributed by atoms with Crippen LogP contribution in [0.25, 0.3) is 0 Å². The summed E-state index contributed by atoms with van der Waals surface area (Å²) in [6.45, 7) is 4.50. The number of unbranched alkanes of at least 4 members (excludes halogenated alkanes) is 1. The maximum atomic E-state index is 12.8. The third-order valence-electron chi connectivity index (χ3n) is 2.16. The fraction of sp³-hybridized carbons (Fsp3) is 0.500. The number of hydrogen-bond donors (Lipinski definition) is 1. The van der Waals surface area contributed by atoms with Gasteiger partial charge in [-0.15, -0.1) is 0 Å². The van der Waals surface area contributed by atoms with E-state index in [0.29, 0.717) is 12.4 Å². The predicted molar refractivity (Wildman–Crippen MR) is 59.6 cm³/mol. The zero-order valence-electron chi connectivity index (χ0n) is 9.43. The van der Waals surface area contributed by atoms with Gasteiger partial charge in [-0.05, 0) is 38.1 Å². The molecule has 0 aromatic heterocycles. The SMILES string of the molecule is CCNCCCCOc1ccc(F)c(F)c1. The number of nitrogens with one attached hydrogen (secondary N) is 1. The van der Waals surface area contributed by atoms with E-state index < -0.39 is 11.6 Å². The summed E-state index contributed by atoms with van der Waals surface area (Å²) in [6.07, 6.45) is 1.91. The summed E-state index contributed by atoms with van der Waals surface area (Å²) in [4.78, 5) is 0. The highest BCUT2D eigenvalue weighted by Gasteiger charge is 2.02. The molecular formula is C12H17F2NO. The van der Waals surface area contributed by atoms with Crippen LogP contribution in [0.5, 0.6) is 5.75 Å². The van der Waals surface area contributed by atoms with Gasteiger partial charge in [-0.3, -0.25) is 0 Å². The fourth-order valence-corrected chi connectivity index (χ4v) is 1.29. The van der Waals surface area contributed by atoms with Crippen molar-refractivity contribution in [3.05, 3.63) is 29.8 Å². The lowest BCUT2D eigenvalue weighted by Crippen LogP contribution is -2.14. The lowest BCUT2D eigenvalue weighted by molar-refractivity contribution is 0.303. The zero-order chi connectivity index (χ0) is 11.8. The van der Waals surface area contributed by atoms with Gasteiger partial charge in [0.05, 0.1) is 6.61 Å². The molecule has 1 N–H and O–H groups in total. The number of rotatable bonds is 7. The first-order chi connectivity index (χ1) is 7.74. The normalized spacial score (nSPS) is 10.4. The quantitative estimate of drug-likeness (QED) is 0.726. The van der Waals surface area contributed by atoms with E-state index in [2.05, 4.69) is 12.2 Å². The number of ether oxygens (including phenoxy) is 1. The third-order valence-corrected chi connectivity index (χ3v) is 2.16. The van der Waals surface area contributed by atoms with Gasteiger partial charge in [-0.25, -0.2) is 8.78 Å². The summed E-state index contributed by atoms with van der Waals surface area (Å²) in [5, 5.41) is 3.20. The van der Waals surface area contributed by atoms with Crippen molar-refractivity contribution in [3.63, 3.8) is 0 Å². The summed E-state index contributed by atoms with van der Waals surface area (Å²) in [5.74, 6) is -1.34. The van der Waals surface area contributed by atoms with E-state index in [-0.39, 0.29) is 0 Å². The number of hydrogen-bond acceptors (Lipinski definition) is 2. The molecule has 0 saturated carbocycles. The maximum Gasteiger partial charge on any atom is 0.162 e. The Morgan fingerprint density at radius 1 is 1.19 bits per heavy atom. The van der Waals surface area contributed by atoms with Gasteiger partial charge >= 0.3 is 0 Å². The second-order valence-electron chi connectivity index (χ2n) is 3.49. The maximum absolute atomic E-state index is 12.8. The van der Waals surface area contributed by atoms with Gasteiger partial charge in [0.15, 0.2) is 11.6 Å². The molecule has 0 saturated heterocycles. The second kappa shape index (κ2) is 7.17. The third kappa shape index (κ3) is 4.57. The molecule has 0 bridgehead atoms. The minimum Gasteiger partial charge on any atom is -0.493 e. The first-order valence-corrected chi connectivity index (χ1v) is 5.52. The van der Waals surface area contributed by atoms with Crippen LogP contribution in [0.15, 0.2) is 18.2 Å². The Morgan fingerprint density at radius 2 is 2.00 bits per heavy atom. The molecule has 2 nitrogen and oxygen atoms in total. The molecule has 0 radical (unpaired) electrons. The van der Waals surface area contributed by atoms with Crippen LogP contribution in [0.1, 0.15) is 19.8 Å². The van der Waals surface area contributed by atoms with Gasteiger partial charge in [0.25, 0.3) is 0 Å². The number of halogens is 2. The van der Waals surface area contributed by atoms with Crippen LogP contribution in [0.3, 0.4) is 0 Å². The van der Waals surface area contributed by atoms with Crippen LogP contribution in [0, 0.1) is 11.6 Å². The lowest BCUT2D eigenvalue weighted by atomic mass is 10.3. The molecule has 0 heterocycles. The summed E-state index contributed by atoms with van der Waals surface area (Å²) in [7, 11) is 0. The highest BCUT2D eigenvalue weighted by Crippen LogP contribution is 2.15. The smallest absolute Gasteiger partial charge is 0.162 e. The van der Waals surface area contributed by atoms with Crippen LogP contribution in [0.4, 0.5) is 8.78 Å². The Balaban J connectivity index is 2.19. The molecule has 0 spiro atoms. The molecule has 1 aromatic rings. The van der Waals surface area contributed by atoms with Crippen molar-refractivity contribution in [2.24, 2.45) is 0 Å². The van der Waals surface area contributed by atoms with Gasteiger partial charge in [0.1, 0.15) is 5.75 Å². The van der Waals surface area contributed by atoms with Crippen molar-refractivity contribution in [2.75, 3.05) is 19.7 Å². The Bertz CT molecular complexity index is 318. The van der Waals surface area contributed by atoms with E-state index in [1.807, 2.05) is 0 Å². The molecule has 1 rings (SSSR count). The van der Waals surface area contributed by atoms with Gasteiger partial charge in [-0.2, -0.15) is 0 Å². The molecule has 0 atom stereocenters. The van der Waals surface area contributed by atoms with Gasteiger partial charge in [-0.1, -0.05) is 6.92 Å².